The Morgan fingerprint density at radius 3 is 2.81 bits per heavy atom. The Hall–Kier alpha value is -2.60. The first-order valence-electron chi connectivity index (χ1n) is 8.49. The van der Waals surface area contributed by atoms with E-state index >= 15 is 0 Å². The predicted octanol–water partition coefficient (Wildman–Crippen LogP) is 3.88. The van der Waals surface area contributed by atoms with Crippen LogP contribution in [0, 0.1) is 11.7 Å². The summed E-state index contributed by atoms with van der Waals surface area (Å²) in [6, 6.07) is 10.1. The Balaban J connectivity index is 1.46. The van der Waals surface area contributed by atoms with Crippen LogP contribution >= 0.6 is 11.3 Å². The molecule has 6 heteroatoms. The van der Waals surface area contributed by atoms with Crippen LogP contribution in [0.2, 0.25) is 0 Å². The Morgan fingerprint density at radius 1 is 1.27 bits per heavy atom. The fourth-order valence-corrected chi connectivity index (χ4v) is 3.44. The van der Waals surface area contributed by atoms with Crippen molar-refractivity contribution < 1.29 is 9.18 Å². The van der Waals surface area contributed by atoms with Crippen LogP contribution in [0.1, 0.15) is 18.2 Å². The Labute approximate surface area is 156 Å². The van der Waals surface area contributed by atoms with E-state index in [9.17, 15) is 9.18 Å². The first-order valence-corrected chi connectivity index (χ1v) is 9.37. The maximum absolute atomic E-state index is 12.9. The summed E-state index contributed by atoms with van der Waals surface area (Å²) >= 11 is 1.58. The minimum Gasteiger partial charge on any atom is -0.355 e. The lowest BCUT2D eigenvalue weighted by atomic mass is 10.0. The maximum Gasteiger partial charge on any atom is 0.223 e. The molecule has 2 heterocycles. The zero-order chi connectivity index (χ0) is 18.4. The molecule has 1 N–H and O–H groups in total. The molecule has 26 heavy (non-hydrogen) atoms. The molecule has 0 spiro atoms. The normalized spacial score (nSPS) is 11.9. The first kappa shape index (κ1) is 18.2. The van der Waals surface area contributed by atoms with E-state index in [0.29, 0.717) is 19.4 Å². The summed E-state index contributed by atoms with van der Waals surface area (Å²) in [6.07, 6.45) is 4.81. The highest BCUT2D eigenvalue weighted by Crippen LogP contribution is 2.22. The van der Waals surface area contributed by atoms with Gasteiger partial charge in [0.2, 0.25) is 5.91 Å². The van der Waals surface area contributed by atoms with Crippen molar-refractivity contribution in [2.75, 3.05) is 6.54 Å². The topological polar surface area (TPSA) is 54.9 Å². The Morgan fingerprint density at radius 2 is 2.08 bits per heavy atom. The standard InChI is InChI=1S/C20H20FN3OS/c1-14(11-15-4-6-17(21)7-5-15)19(25)23-10-8-18-13-26-20(24-18)16-3-2-9-22-12-16/h2-7,9,12-14H,8,10-11H2,1H3,(H,23,25). The number of thiazole rings is 1. The lowest BCUT2D eigenvalue weighted by Gasteiger charge is -2.12. The molecule has 1 unspecified atom stereocenters. The van der Waals surface area contributed by atoms with Gasteiger partial charge in [0.15, 0.2) is 0 Å². The molecule has 4 nitrogen and oxygen atoms in total. The third-order valence-corrected chi connectivity index (χ3v) is 4.98. The summed E-state index contributed by atoms with van der Waals surface area (Å²) in [7, 11) is 0. The molecule has 1 atom stereocenters. The number of nitrogens with one attached hydrogen (secondary N) is 1. The van der Waals surface area contributed by atoms with Gasteiger partial charge in [-0.3, -0.25) is 9.78 Å². The summed E-state index contributed by atoms with van der Waals surface area (Å²) in [4.78, 5) is 20.9. The van der Waals surface area contributed by atoms with Crippen molar-refractivity contribution in [2.24, 2.45) is 5.92 Å². The monoisotopic (exact) mass is 369 g/mol. The molecule has 0 radical (unpaired) electrons. The summed E-state index contributed by atoms with van der Waals surface area (Å²) in [5.74, 6) is -0.432. The van der Waals surface area contributed by atoms with E-state index in [2.05, 4.69) is 15.3 Å². The first-order chi connectivity index (χ1) is 12.6. The summed E-state index contributed by atoms with van der Waals surface area (Å²) < 4.78 is 12.9. The van der Waals surface area contributed by atoms with Gasteiger partial charge in [0, 0.05) is 42.2 Å². The number of nitrogens with zero attached hydrogens (tertiary/aromatic N) is 2. The van der Waals surface area contributed by atoms with Gasteiger partial charge in [-0.05, 0) is 36.2 Å². The van der Waals surface area contributed by atoms with Crippen molar-refractivity contribution in [1.29, 1.82) is 0 Å². The van der Waals surface area contributed by atoms with Gasteiger partial charge in [-0.15, -0.1) is 11.3 Å². The molecule has 3 rings (SSSR count). The van der Waals surface area contributed by atoms with Crippen molar-refractivity contribution in [3.8, 4) is 10.6 Å². The van der Waals surface area contributed by atoms with Crippen LogP contribution in [0.25, 0.3) is 10.6 Å². The van der Waals surface area contributed by atoms with Gasteiger partial charge in [-0.2, -0.15) is 0 Å². The molecule has 1 amide bonds. The molecule has 0 fully saturated rings. The fourth-order valence-electron chi connectivity index (χ4n) is 2.60. The predicted molar refractivity (Wildman–Crippen MR) is 101 cm³/mol. The number of pyridine rings is 1. The molecule has 0 saturated carbocycles. The van der Waals surface area contributed by atoms with Crippen LogP contribution < -0.4 is 5.32 Å². The van der Waals surface area contributed by atoms with Crippen LogP contribution in [0.15, 0.2) is 54.2 Å². The minimum atomic E-state index is -0.264. The number of carbonyl (C=O) groups excluding carboxylic acids is 1. The van der Waals surface area contributed by atoms with Crippen molar-refractivity contribution in [1.82, 2.24) is 15.3 Å². The summed E-state index contributed by atoms with van der Waals surface area (Å²) in [5.41, 5.74) is 2.91. The van der Waals surface area contributed by atoms with E-state index < -0.39 is 0 Å². The highest BCUT2D eigenvalue weighted by molar-refractivity contribution is 7.13. The van der Waals surface area contributed by atoms with Crippen molar-refractivity contribution in [3.63, 3.8) is 0 Å². The fraction of sp³-hybridized carbons (Fsp3) is 0.250. The van der Waals surface area contributed by atoms with Crippen molar-refractivity contribution >= 4 is 17.2 Å². The number of benzene rings is 1. The Bertz CT molecular complexity index is 849. The van der Waals surface area contributed by atoms with Gasteiger partial charge in [0.05, 0.1) is 5.69 Å². The second-order valence-electron chi connectivity index (χ2n) is 6.16. The number of carbonyl (C=O) groups is 1. The molecule has 0 bridgehead atoms. The van der Waals surface area contributed by atoms with Crippen LogP contribution in [0.4, 0.5) is 4.39 Å². The van der Waals surface area contributed by atoms with Gasteiger partial charge in [-0.1, -0.05) is 19.1 Å². The van der Waals surface area contributed by atoms with E-state index in [0.717, 1.165) is 21.8 Å². The Kier molecular flexibility index (Phi) is 6.07. The quantitative estimate of drug-likeness (QED) is 0.688. The average molecular weight is 369 g/mol. The summed E-state index contributed by atoms with van der Waals surface area (Å²) in [6.45, 7) is 2.42. The molecule has 0 aliphatic carbocycles. The van der Waals surface area contributed by atoms with E-state index in [1.165, 1.54) is 12.1 Å². The van der Waals surface area contributed by atoms with Gasteiger partial charge in [-0.25, -0.2) is 9.37 Å². The van der Waals surface area contributed by atoms with Crippen LogP contribution in [-0.2, 0) is 17.6 Å². The molecule has 134 valence electrons. The smallest absolute Gasteiger partial charge is 0.223 e. The molecule has 3 aromatic rings. The van der Waals surface area contributed by atoms with Gasteiger partial charge >= 0.3 is 0 Å². The third kappa shape index (κ3) is 4.95. The van der Waals surface area contributed by atoms with Crippen molar-refractivity contribution in [3.05, 3.63) is 71.2 Å². The molecule has 2 aromatic heterocycles. The van der Waals surface area contributed by atoms with E-state index in [1.54, 1.807) is 35.9 Å². The number of aromatic nitrogens is 2. The van der Waals surface area contributed by atoms with Crippen molar-refractivity contribution in [2.45, 2.75) is 19.8 Å². The average Bonchev–Trinajstić information content (AvgIpc) is 3.13. The zero-order valence-electron chi connectivity index (χ0n) is 14.5. The second kappa shape index (κ2) is 8.67. The van der Waals surface area contributed by atoms with E-state index in [1.807, 2.05) is 24.4 Å². The van der Waals surface area contributed by atoms with E-state index in [4.69, 9.17) is 0 Å². The maximum atomic E-state index is 12.9. The number of amides is 1. The van der Waals surface area contributed by atoms with Crippen LogP contribution in [-0.4, -0.2) is 22.4 Å². The van der Waals surface area contributed by atoms with Gasteiger partial charge in [0.1, 0.15) is 10.8 Å². The highest BCUT2D eigenvalue weighted by atomic mass is 32.1. The molecular formula is C20H20FN3OS. The molecular weight excluding hydrogens is 349 g/mol. The largest absolute Gasteiger partial charge is 0.355 e. The lowest BCUT2D eigenvalue weighted by Crippen LogP contribution is -2.31. The molecule has 0 aliphatic rings. The summed E-state index contributed by atoms with van der Waals surface area (Å²) in [5, 5.41) is 5.90. The number of rotatable bonds is 7. The van der Waals surface area contributed by atoms with E-state index in [-0.39, 0.29) is 17.6 Å². The number of halogens is 1. The van der Waals surface area contributed by atoms with Gasteiger partial charge < -0.3 is 5.32 Å². The lowest BCUT2D eigenvalue weighted by molar-refractivity contribution is -0.124. The molecule has 0 aliphatic heterocycles. The second-order valence-corrected chi connectivity index (χ2v) is 7.02. The highest BCUT2D eigenvalue weighted by Gasteiger charge is 2.13. The molecule has 1 aromatic carbocycles. The number of hydrogen-bond donors (Lipinski definition) is 1. The minimum absolute atomic E-state index is 0.00274. The SMILES string of the molecule is CC(Cc1ccc(F)cc1)C(=O)NCCc1csc(-c2cccnc2)n1. The van der Waals surface area contributed by atoms with Gasteiger partial charge in [0.25, 0.3) is 0 Å². The van der Waals surface area contributed by atoms with Crippen LogP contribution in [0.3, 0.4) is 0 Å². The molecule has 0 saturated heterocycles. The van der Waals surface area contributed by atoms with Crippen LogP contribution in [0.5, 0.6) is 0 Å². The zero-order valence-corrected chi connectivity index (χ0v) is 15.3. The number of hydrogen-bond acceptors (Lipinski definition) is 4. The third-order valence-electron chi connectivity index (χ3n) is 4.04.